The third-order valence-corrected chi connectivity index (χ3v) is 1.10. The number of aliphatic imine (C=N–C) groups is 1. The fraction of sp³-hybridized carbons (Fsp3) is 0.167. The van der Waals surface area contributed by atoms with Crippen molar-refractivity contribution in [1.82, 2.24) is 0 Å². The largest absolute Gasteiger partial charge is 0.446 e. The molecule has 0 amide bonds. The molecule has 0 saturated carbocycles. The maximum Gasteiger partial charge on any atom is 0.421 e. The molecule has 1 rings (SSSR count). The van der Waals surface area contributed by atoms with Crippen molar-refractivity contribution in [2.75, 3.05) is 0 Å². The van der Waals surface area contributed by atoms with Crippen LogP contribution in [0.2, 0.25) is 0 Å². The molecule has 0 unspecified atom stereocenters. The smallest absolute Gasteiger partial charge is 0.421 e. The summed E-state index contributed by atoms with van der Waals surface area (Å²) < 4.78 is 40.1. The summed E-state index contributed by atoms with van der Waals surface area (Å²) in [4.78, 5) is 12.4. The molecule has 0 saturated heterocycles. The quantitative estimate of drug-likeness (QED) is 0.487. The topological polar surface area (TPSA) is 42.6 Å². The van der Waals surface area contributed by atoms with E-state index in [9.17, 15) is 18.0 Å². The minimum Gasteiger partial charge on any atom is -0.446 e. The first-order valence-corrected chi connectivity index (χ1v) is 2.78. The van der Waals surface area contributed by atoms with Gasteiger partial charge in [-0.2, -0.15) is 13.2 Å². The Kier molecular flexibility index (Phi) is 2.01. The van der Waals surface area contributed by atoms with Crippen LogP contribution in [-0.2, 0) is 11.0 Å². The summed E-state index contributed by atoms with van der Waals surface area (Å²) in [6.45, 7) is 0. The average molecular weight is 177 g/mol. The lowest BCUT2D eigenvalue weighted by Crippen LogP contribution is -2.02. The minimum atomic E-state index is -4.55. The van der Waals surface area contributed by atoms with Crippen molar-refractivity contribution >= 4 is 12.0 Å². The Morgan fingerprint density at radius 3 is 2.67 bits per heavy atom. The van der Waals surface area contributed by atoms with Gasteiger partial charge in [0.15, 0.2) is 0 Å². The maximum atomic E-state index is 12.0. The van der Waals surface area contributed by atoms with Crippen LogP contribution < -0.4 is 0 Å². The van der Waals surface area contributed by atoms with Crippen LogP contribution in [0, 0.1) is 0 Å². The van der Waals surface area contributed by atoms with Gasteiger partial charge in [-0.15, -0.1) is 4.99 Å². The molecule has 0 aliphatic carbocycles. The Balaban J connectivity index is 3.16. The maximum absolute atomic E-state index is 12.0. The van der Waals surface area contributed by atoms with Crippen LogP contribution in [0.3, 0.4) is 0 Å². The Morgan fingerprint density at radius 2 is 2.17 bits per heavy atom. The molecule has 0 aliphatic rings. The summed E-state index contributed by atoms with van der Waals surface area (Å²) in [6.07, 6.45) is -2.78. The molecule has 1 heterocycles. The molecular formula is C6H2F3NO2. The van der Waals surface area contributed by atoms with E-state index < -0.39 is 17.6 Å². The molecule has 0 radical (unpaired) electrons. The molecule has 0 fully saturated rings. The number of rotatable bonds is 1. The van der Waals surface area contributed by atoms with Crippen molar-refractivity contribution < 1.29 is 22.4 Å². The Bertz CT molecular complexity index is 322. The number of isocyanates is 1. The van der Waals surface area contributed by atoms with E-state index in [0.29, 0.717) is 6.07 Å². The van der Waals surface area contributed by atoms with Crippen molar-refractivity contribution in [3.05, 3.63) is 17.9 Å². The first kappa shape index (κ1) is 8.55. The molecule has 12 heavy (non-hydrogen) atoms. The highest BCUT2D eigenvalue weighted by molar-refractivity contribution is 5.47. The minimum absolute atomic E-state index is 0.691. The Labute approximate surface area is 64.5 Å². The fourth-order valence-corrected chi connectivity index (χ4v) is 0.645. The molecule has 0 spiro atoms. The normalized spacial score (nSPS) is 10.9. The molecule has 0 aliphatic heterocycles. The second kappa shape index (κ2) is 2.83. The summed E-state index contributed by atoms with van der Waals surface area (Å²) in [5.74, 6) is -0.766. The van der Waals surface area contributed by atoms with Crippen molar-refractivity contribution in [2.24, 2.45) is 4.99 Å². The molecule has 1 aromatic heterocycles. The number of halogens is 3. The summed E-state index contributed by atoms with van der Waals surface area (Å²) in [6, 6.07) is 0.691. The number of alkyl halides is 3. The lowest BCUT2D eigenvalue weighted by molar-refractivity contribution is -0.137. The summed E-state index contributed by atoms with van der Waals surface area (Å²) in [5.41, 5.74) is -1.08. The zero-order valence-corrected chi connectivity index (χ0v) is 5.55. The molecule has 0 aromatic carbocycles. The molecule has 0 bridgehead atoms. The van der Waals surface area contributed by atoms with Gasteiger partial charge in [0.05, 0.1) is 6.26 Å². The zero-order chi connectivity index (χ0) is 9.19. The Morgan fingerprint density at radius 1 is 1.50 bits per heavy atom. The van der Waals surface area contributed by atoms with Crippen LogP contribution in [0.4, 0.5) is 19.1 Å². The lowest BCUT2D eigenvalue weighted by atomic mass is 10.3. The van der Waals surface area contributed by atoms with E-state index in [1.807, 2.05) is 0 Å². The fourth-order valence-electron chi connectivity index (χ4n) is 0.645. The monoisotopic (exact) mass is 177 g/mol. The summed E-state index contributed by atoms with van der Waals surface area (Å²) >= 11 is 0. The first-order chi connectivity index (χ1) is 5.55. The van der Waals surface area contributed by atoms with Gasteiger partial charge in [-0.25, -0.2) is 4.79 Å². The van der Waals surface area contributed by atoms with Gasteiger partial charge in [0.2, 0.25) is 12.0 Å². The van der Waals surface area contributed by atoms with Crippen LogP contribution >= 0.6 is 0 Å². The highest BCUT2D eigenvalue weighted by Gasteiger charge is 2.35. The van der Waals surface area contributed by atoms with Crippen LogP contribution in [0.25, 0.3) is 0 Å². The molecule has 64 valence electrons. The van der Waals surface area contributed by atoms with Gasteiger partial charge in [0, 0.05) is 0 Å². The predicted octanol–water partition coefficient (Wildman–Crippen LogP) is 2.27. The highest BCUT2D eigenvalue weighted by atomic mass is 19.4. The van der Waals surface area contributed by atoms with E-state index in [1.54, 1.807) is 0 Å². The molecule has 6 heteroatoms. The van der Waals surface area contributed by atoms with E-state index in [4.69, 9.17) is 0 Å². The van der Waals surface area contributed by atoms with Gasteiger partial charge in [-0.05, 0) is 6.07 Å². The molecule has 1 aromatic rings. The highest BCUT2D eigenvalue weighted by Crippen LogP contribution is 2.36. The number of hydrogen-bond donors (Lipinski definition) is 0. The summed E-state index contributed by atoms with van der Waals surface area (Å²) in [7, 11) is 0. The zero-order valence-electron chi connectivity index (χ0n) is 5.55. The number of carbonyl (C=O) groups excluding carboxylic acids is 1. The third-order valence-electron chi connectivity index (χ3n) is 1.10. The molecular weight excluding hydrogens is 175 g/mol. The van der Waals surface area contributed by atoms with Crippen molar-refractivity contribution in [3.63, 3.8) is 0 Å². The van der Waals surface area contributed by atoms with Crippen LogP contribution in [0.1, 0.15) is 5.56 Å². The second-order valence-corrected chi connectivity index (χ2v) is 1.84. The standard InChI is InChI=1S/C6H2F3NO2/c7-6(8,9)4-1-2-12-5(4)10-3-11/h1-2H. The third kappa shape index (κ3) is 1.54. The van der Waals surface area contributed by atoms with Gasteiger partial charge >= 0.3 is 6.18 Å². The van der Waals surface area contributed by atoms with E-state index in [-0.39, 0.29) is 0 Å². The molecule has 0 N–H and O–H groups in total. The van der Waals surface area contributed by atoms with Crippen LogP contribution in [-0.4, -0.2) is 6.08 Å². The molecule has 3 nitrogen and oxygen atoms in total. The van der Waals surface area contributed by atoms with E-state index in [0.717, 1.165) is 12.3 Å². The predicted molar refractivity (Wildman–Crippen MR) is 31.5 cm³/mol. The number of nitrogens with zero attached hydrogens (tertiary/aromatic N) is 1. The van der Waals surface area contributed by atoms with Crippen LogP contribution in [0.5, 0.6) is 0 Å². The van der Waals surface area contributed by atoms with Gasteiger partial charge in [0.25, 0.3) is 0 Å². The first-order valence-electron chi connectivity index (χ1n) is 2.78. The van der Waals surface area contributed by atoms with Gasteiger partial charge in [-0.1, -0.05) is 0 Å². The van der Waals surface area contributed by atoms with Crippen molar-refractivity contribution in [2.45, 2.75) is 6.18 Å². The Hall–Kier alpha value is -1.55. The van der Waals surface area contributed by atoms with Gasteiger partial charge in [-0.3, -0.25) is 0 Å². The average Bonchev–Trinajstić information content (AvgIpc) is 2.34. The summed E-state index contributed by atoms with van der Waals surface area (Å²) in [5, 5.41) is 0. The van der Waals surface area contributed by atoms with E-state index in [2.05, 4.69) is 9.41 Å². The van der Waals surface area contributed by atoms with Crippen LogP contribution in [0.15, 0.2) is 21.7 Å². The number of hydrogen-bond acceptors (Lipinski definition) is 3. The van der Waals surface area contributed by atoms with Crippen molar-refractivity contribution in [1.29, 1.82) is 0 Å². The molecule has 0 atom stereocenters. The SMILES string of the molecule is O=C=Nc1occc1C(F)(F)F. The second-order valence-electron chi connectivity index (χ2n) is 1.84. The number of furan rings is 1. The lowest BCUT2D eigenvalue weighted by Gasteiger charge is -2.01. The van der Waals surface area contributed by atoms with Crippen molar-refractivity contribution in [3.8, 4) is 0 Å². The van der Waals surface area contributed by atoms with E-state index >= 15 is 0 Å². The van der Waals surface area contributed by atoms with E-state index in [1.165, 1.54) is 0 Å². The van der Waals surface area contributed by atoms with Gasteiger partial charge < -0.3 is 4.42 Å². The van der Waals surface area contributed by atoms with Gasteiger partial charge in [0.1, 0.15) is 5.56 Å².